The van der Waals surface area contributed by atoms with E-state index in [1.807, 2.05) is 23.9 Å². The number of hydrogen-bond donors (Lipinski definition) is 0. The summed E-state index contributed by atoms with van der Waals surface area (Å²) in [5.74, 6) is 0.864. The van der Waals surface area contributed by atoms with Gasteiger partial charge >= 0.3 is 0 Å². The molecule has 1 aliphatic rings. The Kier molecular flexibility index (Phi) is 4.45. The third-order valence-electron chi connectivity index (χ3n) is 4.78. The van der Waals surface area contributed by atoms with Crippen LogP contribution in [-0.4, -0.2) is 21.1 Å². The SMILES string of the molecule is CCc1ccnc(-c2ncn(C)c2-c2ccc(F)cc2OCC2CC2)c1. The number of ether oxygens (including phenoxy) is 1. The molecule has 26 heavy (non-hydrogen) atoms. The molecule has 0 bridgehead atoms. The highest BCUT2D eigenvalue weighted by molar-refractivity contribution is 5.80. The van der Waals surface area contributed by atoms with Crippen LogP contribution in [-0.2, 0) is 13.5 Å². The van der Waals surface area contributed by atoms with Crippen molar-refractivity contribution in [3.63, 3.8) is 0 Å². The predicted molar refractivity (Wildman–Crippen MR) is 99.4 cm³/mol. The molecule has 134 valence electrons. The van der Waals surface area contributed by atoms with E-state index in [9.17, 15) is 4.39 Å². The number of nitrogens with zero attached hydrogens (tertiary/aromatic N) is 3. The lowest BCUT2D eigenvalue weighted by molar-refractivity contribution is 0.299. The molecule has 2 aromatic heterocycles. The van der Waals surface area contributed by atoms with Gasteiger partial charge in [0.15, 0.2) is 0 Å². The van der Waals surface area contributed by atoms with Crippen molar-refractivity contribution in [3.8, 4) is 28.4 Å². The van der Waals surface area contributed by atoms with Crippen LogP contribution in [0.15, 0.2) is 42.9 Å². The summed E-state index contributed by atoms with van der Waals surface area (Å²) in [5, 5.41) is 0. The van der Waals surface area contributed by atoms with E-state index in [0.29, 0.717) is 18.3 Å². The molecule has 4 rings (SSSR count). The van der Waals surface area contributed by atoms with E-state index in [4.69, 9.17) is 4.74 Å². The third-order valence-corrected chi connectivity index (χ3v) is 4.78. The van der Waals surface area contributed by atoms with Crippen molar-refractivity contribution in [2.45, 2.75) is 26.2 Å². The van der Waals surface area contributed by atoms with Gasteiger partial charge in [-0.3, -0.25) is 4.98 Å². The summed E-state index contributed by atoms with van der Waals surface area (Å²) in [6, 6.07) is 8.76. The molecule has 0 atom stereocenters. The molecule has 1 saturated carbocycles. The predicted octanol–water partition coefficient (Wildman–Crippen LogP) is 4.64. The molecule has 0 unspecified atom stereocenters. The van der Waals surface area contributed by atoms with Crippen molar-refractivity contribution in [2.75, 3.05) is 6.61 Å². The molecule has 0 aliphatic heterocycles. The van der Waals surface area contributed by atoms with E-state index < -0.39 is 0 Å². The molecule has 0 radical (unpaired) electrons. The minimum Gasteiger partial charge on any atom is -0.492 e. The van der Waals surface area contributed by atoms with Gasteiger partial charge in [-0.1, -0.05) is 6.92 Å². The molecule has 1 aromatic carbocycles. The van der Waals surface area contributed by atoms with Crippen molar-refractivity contribution in [1.82, 2.24) is 14.5 Å². The quantitative estimate of drug-likeness (QED) is 0.649. The highest BCUT2D eigenvalue weighted by Crippen LogP contribution is 2.38. The highest BCUT2D eigenvalue weighted by Gasteiger charge is 2.24. The lowest BCUT2D eigenvalue weighted by atomic mass is 10.1. The van der Waals surface area contributed by atoms with Gasteiger partial charge in [0.25, 0.3) is 0 Å². The zero-order valence-corrected chi connectivity index (χ0v) is 15.1. The smallest absolute Gasteiger partial charge is 0.131 e. The Balaban J connectivity index is 1.79. The fourth-order valence-corrected chi connectivity index (χ4v) is 3.06. The lowest BCUT2D eigenvalue weighted by Crippen LogP contribution is -2.03. The van der Waals surface area contributed by atoms with Crippen LogP contribution < -0.4 is 4.74 Å². The summed E-state index contributed by atoms with van der Waals surface area (Å²) in [5.41, 5.74) is 4.53. The Bertz CT molecular complexity index is 931. The van der Waals surface area contributed by atoms with E-state index in [1.165, 1.54) is 30.5 Å². The van der Waals surface area contributed by atoms with Crippen LogP contribution in [0.3, 0.4) is 0 Å². The number of pyridine rings is 1. The molecule has 3 aromatic rings. The molecule has 0 N–H and O–H groups in total. The minimum atomic E-state index is -0.297. The number of imidazole rings is 1. The molecular formula is C21H22FN3O. The fraction of sp³-hybridized carbons (Fsp3) is 0.333. The molecular weight excluding hydrogens is 329 g/mol. The van der Waals surface area contributed by atoms with Crippen LogP contribution >= 0.6 is 0 Å². The van der Waals surface area contributed by atoms with E-state index in [0.717, 1.165) is 29.1 Å². The van der Waals surface area contributed by atoms with Crippen LogP contribution in [0.5, 0.6) is 5.75 Å². The first-order chi connectivity index (χ1) is 12.7. The van der Waals surface area contributed by atoms with E-state index in [2.05, 4.69) is 23.0 Å². The lowest BCUT2D eigenvalue weighted by Gasteiger charge is -2.13. The van der Waals surface area contributed by atoms with Crippen molar-refractivity contribution < 1.29 is 9.13 Å². The van der Waals surface area contributed by atoms with Crippen molar-refractivity contribution in [2.24, 2.45) is 13.0 Å². The molecule has 4 nitrogen and oxygen atoms in total. The average Bonchev–Trinajstić information content (AvgIpc) is 3.41. The molecule has 0 amide bonds. The molecule has 1 aliphatic carbocycles. The monoisotopic (exact) mass is 351 g/mol. The van der Waals surface area contributed by atoms with Gasteiger partial charge in [-0.2, -0.15) is 0 Å². The van der Waals surface area contributed by atoms with E-state index in [-0.39, 0.29) is 5.82 Å². The average molecular weight is 351 g/mol. The maximum absolute atomic E-state index is 13.8. The Labute approximate surface area is 152 Å². The summed E-state index contributed by atoms with van der Waals surface area (Å²) < 4.78 is 21.7. The Hall–Kier alpha value is -2.69. The topological polar surface area (TPSA) is 39.9 Å². The summed E-state index contributed by atoms with van der Waals surface area (Å²) in [7, 11) is 1.93. The van der Waals surface area contributed by atoms with Gasteiger partial charge < -0.3 is 9.30 Å². The minimum absolute atomic E-state index is 0.297. The second-order valence-electron chi connectivity index (χ2n) is 6.85. The van der Waals surface area contributed by atoms with Crippen LogP contribution in [0.4, 0.5) is 4.39 Å². The van der Waals surface area contributed by atoms with Crippen LogP contribution in [0, 0.1) is 11.7 Å². The molecule has 2 heterocycles. The highest BCUT2D eigenvalue weighted by atomic mass is 19.1. The van der Waals surface area contributed by atoms with Gasteiger partial charge in [-0.05, 0) is 55.0 Å². The normalized spacial score (nSPS) is 13.8. The summed E-state index contributed by atoms with van der Waals surface area (Å²) in [4.78, 5) is 9.06. The zero-order chi connectivity index (χ0) is 18.1. The number of aryl methyl sites for hydroxylation is 2. The molecule has 1 fully saturated rings. The second kappa shape index (κ2) is 6.90. The van der Waals surface area contributed by atoms with Crippen molar-refractivity contribution in [3.05, 3.63) is 54.2 Å². The van der Waals surface area contributed by atoms with Gasteiger partial charge in [0.1, 0.15) is 17.3 Å². The fourth-order valence-electron chi connectivity index (χ4n) is 3.06. The van der Waals surface area contributed by atoms with E-state index >= 15 is 0 Å². The maximum Gasteiger partial charge on any atom is 0.131 e. The van der Waals surface area contributed by atoms with Crippen molar-refractivity contribution >= 4 is 0 Å². The first-order valence-corrected chi connectivity index (χ1v) is 9.05. The van der Waals surface area contributed by atoms with Gasteiger partial charge in [0.2, 0.25) is 0 Å². The zero-order valence-electron chi connectivity index (χ0n) is 15.1. The van der Waals surface area contributed by atoms with E-state index in [1.54, 1.807) is 12.4 Å². The number of aromatic nitrogens is 3. The largest absolute Gasteiger partial charge is 0.492 e. The van der Waals surface area contributed by atoms with Crippen LogP contribution in [0.25, 0.3) is 22.6 Å². The third kappa shape index (κ3) is 3.34. The van der Waals surface area contributed by atoms with Crippen LogP contribution in [0.1, 0.15) is 25.3 Å². The first-order valence-electron chi connectivity index (χ1n) is 9.05. The summed E-state index contributed by atoms with van der Waals surface area (Å²) in [6.07, 6.45) is 6.88. The Morgan fingerprint density at radius 3 is 2.81 bits per heavy atom. The van der Waals surface area contributed by atoms with Gasteiger partial charge in [0, 0.05) is 24.9 Å². The number of halogens is 1. The summed E-state index contributed by atoms with van der Waals surface area (Å²) in [6.45, 7) is 2.75. The molecule has 0 spiro atoms. The molecule has 5 heteroatoms. The molecule has 0 saturated heterocycles. The number of hydrogen-bond acceptors (Lipinski definition) is 3. The van der Waals surface area contributed by atoms with Gasteiger partial charge in [-0.25, -0.2) is 9.37 Å². The Morgan fingerprint density at radius 2 is 2.04 bits per heavy atom. The standard InChI is InChI=1S/C21H22FN3O/c1-3-14-8-9-23-18(10-14)20-21(25(2)13-24-20)17-7-6-16(22)11-19(17)26-12-15-4-5-15/h6-11,13,15H,3-5,12H2,1-2H3. The van der Waals surface area contributed by atoms with Gasteiger partial charge in [0.05, 0.1) is 24.3 Å². The Morgan fingerprint density at radius 1 is 1.19 bits per heavy atom. The summed E-state index contributed by atoms with van der Waals surface area (Å²) >= 11 is 0. The van der Waals surface area contributed by atoms with Crippen molar-refractivity contribution in [1.29, 1.82) is 0 Å². The first kappa shape index (κ1) is 16.8. The van der Waals surface area contributed by atoms with Crippen LogP contribution in [0.2, 0.25) is 0 Å². The second-order valence-corrected chi connectivity index (χ2v) is 6.85. The maximum atomic E-state index is 13.8. The number of rotatable bonds is 6. The van der Waals surface area contributed by atoms with Gasteiger partial charge in [-0.15, -0.1) is 0 Å². The number of benzene rings is 1.